The van der Waals surface area contributed by atoms with Crippen molar-refractivity contribution >= 4 is 11.8 Å². The van der Waals surface area contributed by atoms with Gasteiger partial charge < -0.3 is 15.4 Å². The summed E-state index contributed by atoms with van der Waals surface area (Å²) < 4.78 is 5.89. The van der Waals surface area contributed by atoms with Crippen molar-refractivity contribution in [3.8, 4) is 5.75 Å². The Morgan fingerprint density at radius 1 is 0.889 bits per heavy atom. The second-order valence-electron chi connectivity index (χ2n) is 10.8. The molecule has 0 bridgehead atoms. The average Bonchev–Trinajstić information content (AvgIpc) is 2.82. The van der Waals surface area contributed by atoms with Crippen molar-refractivity contribution in [3.05, 3.63) is 65.7 Å². The van der Waals surface area contributed by atoms with Gasteiger partial charge in [0.05, 0.1) is 6.04 Å². The van der Waals surface area contributed by atoms with E-state index < -0.39 is 11.6 Å². The highest BCUT2D eigenvalue weighted by Crippen LogP contribution is 2.17. The van der Waals surface area contributed by atoms with Crippen LogP contribution >= 0.6 is 0 Å². The van der Waals surface area contributed by atoms with Crippen LogP contribution < -0.4 is 15.4 Å². The van der Waals surface area contributed by atoms with E-state index >= 15 is 0 Å². The van der Waals surface area contributed by atoms with E-state index in [0.717, 1.165) is 36.4 Å². The third kappa shape index (κ3) is 10.0. The van der Waals surface area contributed by atoms with Crippen molar-refractivity contribution in [1.29, 1.82) is 0 Å². The predicted molar refractivity (Wildman–Crippen MR) is 147 cm³/mol. The van der Waals surface area contributed by atoms with Gasteiger partial charge in [0.2, 0.25) is 11.8 Å². The minimum absolute atomic E-state index is 0.0933. The highest BCUT2D eigenvalue weighted by atomic mass is 16.5. The van der Waals surface area contributed by atoms with Gasteiger partial charge in [-0.15, -0.1) is 0 Å². The third-order valence-corrected chi connectivity index (χ3v) is 5.99. The second kappa shape index (κ2) is 14.0. The van der Waals surface area contributed by atoms with E-state index in [0.29, 0.717) is 18.9 Å². The van der Waals surface area contributed by atoms with Gasteiger partial charge in [0, 0.05) is 12.0 Å². The molecule has 0 aliphatic rings. The minimum atomic E-state index is -0.668. The van der Waals surface area contributed by atoms with Crippen molar-refractivity contribution in [2.45, 2.75) is 85.5 Å². The number of ether oxygens (including phenoxy) is 1. The number of nitrogens with zero attached hydrogens (tertiary/aromatic N) is 1. The molecular weight excluding hydrogens is 450 g/mol. The van der Waals surface area contributed by atoms with Crippen LogP contribution in [0.3, 0.4) is 0 Å². The largest absolute Gasteiger partial charge is 0.489 e. The Morgan fingerprint density at radius 3 is 2.03 bits per heavy atom. The summed E-state index contributed by atoms with van der Waals surface area (Å²) in [6.07, 6.45) is 1.15. The molecule has 0 heterocycles. The molecule has 6 nitrogen and oxygen atoms in total. The SMILES string of the molecule is CCN(CC)C(CC(C)C)C(=O)NC(Cc1ccc(OCc2ccccc2)cc1)C(=O)NC(C)(C)C. The van der Waals surface area contributed by atoms with Gasteiger partial charge in [0.15, 0.2) is 0 Å². The molecule has 2 unspecified atom stereocenters. The van der Waals surface area contributed by atoms with Crippen LogP contribution in [-0.2, 0) is 22.6 Å². The van der Waals surface area contributed by atoms with Crippen LogP contribution in [0.4, 0.5) is 0 Å². The predicted octanol–water partition coefficient (Wildman–Crippen LogP) is 4.96. The molecule has 2 aromatic rings. The van der Waals surface area contributed by atoms with Gasteiger partial charge >= 0.3 is 0 Å². The normalized spacial score (nSPS) is 13.4. The van der Waals surface area contributed by atoms with Gasteiger partial charge in [-0.25, -0.2) is 0 Å². The van der Waals surface area contributed by atoms with Crippen molar-refractivity contribution in [3.63, 3.8) is 0 Å². The third-order valence-electron chi connectivity index (χ3n) is 5.99. The van der Waals surface area contributed by atoms with E-state index in [2.05, 4.69) is 43.2 Å². The van der Waals surface area contributed by atoms with E-state index in [1.54, 1.807) is 0 Å². The molecule has 2 atom stereocenters. The lowest BCUT2D eigenvalue weighted by Gasteiger charge is -2.32. The van der Waals surface area contributed by atoms with Crippen molar-refractivity contribution in [2.24, 2.45) is 5.92 Å². The summed E-state index contributed by atoms with van der Waals surface area (Å²) in [6.45, 7) is 16.3. The monoisotopic (exact) mass is 495 g/mol. The fraction of sp³-hybridized carbons (Fsp3) is 0.533. The molecular formula is C30H45N3O3. The van der Waals surface area contributed by atoms with Crippen LogP contribution in [0.15, 0.2) is 54.6 Å². The number of carbonyl (C=O) groups is 2. The van der Waals surface area contributed by atoms with Gasteiger partial charge in [0.1, 0.15) is 18.4 Å². The second-order valence-corrected chi connectivity index (χ2v) is 10.8. The Labute approximate surface area is 217 Å². The molecule has 0 spiro atoms. The number of amides is 2. The highest BCUT2D eigenvalue weighted by Gasteiger charge is 2.30. The average molecular weight is 496 g/mol. The lowest BCUT2D eigenvalue weighted by atomic mass is 9.99. The fourth-order valence-corrected chi connectivity index (χ4v) is 4.17. The Hall–Kier alpha value is -2.86. The zero-order chi connectivity index (χ0) is 26.7. The Morgan fingerprint density at radius 2 is 1.50 bits per heavy atom. The summed E-state index contributed by atoms with van der Waals surface area (Å²) in [5, 5.41) is 6.12. The first-order valence-electron chi connectivity index (χ1n) is 13.1. The van der Waals surface area contributed by atoms with E-state index in [4.69, 9.17) is 4.74 Å². The molecule has 2 N–H and O–H groups in total. The molecule has 2 amide bonds. The first-order chi connectivity index (χ1) is 17.0. The van der Waals surface area contributed by atoms with Gasteiger partial charge in [-0.3, -0.25) is 14.5 Å². The zero-order valence-corrected chi connectivity index (χ0v) is 23.1. The van der Waals surface area contributed by atoms with E-state index in [9.17, 15) is 9.59 Å². The summed E-state index contributed by atoms with van der Waals surface area (Å²) in [4.78, 5) is 28.8. The Kier molecular flexibility index (Phi) is 11.4. The Bertz CT molecular complexity index is 932. The molecule has 2 aromatic carbocycles. The maximum atomic E-state index is 13.4. The topological polar surface area (TPSA) is 70.7 Å². The maximum absolute atomic E-state index is 13.4. The number of hydrogen-bond acceptors (Lipinski definition) is 4. The molecule has 36 heavy (non-hydrogen) atoms. The van der Waals surface area contributed by atoms with Crippen molar-refractivity contribution in [2.75, 3.05) is 13.1 Å². The summed E-state index contributed by atoms with van der Waals surface area (Å²) in [5.41, 5.74) is 1.66. The summed E-state index contributed by atoms with van der Waals surface area (Å²) >= 11 is 0. The summed E-state index contributed by atoms with van der Waals surface area (Å²) in [5.74, 6) is 0.861. The Balaban J connectivity index is 2.15. The zero-order valence-electron chi connectivity index (χ0n) is 23.1. The molecule has 198 valence electrons. The molecule has 0 aromatic heterocycles. The molecule has 0 fully saturated rings. The number of benzene rings is 2. The fourth-order valence-electron chi connectivity index (χ4n) is 4.17. The quantitative estimate of drug-likeness (QED) is 0.412. The van der Waals surface area contributed by atoms with E-state index in [-0.39, 0.29) is 17.9 Å². The maximum Gasteiger partial charge on any atom is 0.243 e. The molecule has 2 rings (SSSR count). The summed E-state index contributed by atoms with van der Waals surface area (Å²) in [7, 11) is 0. The molecule has 0 aliphatic heterocycles. The number of nitrogens with one attached hydrogen (secondary N) is 2. The van der Waals surface area contributed by atoms with Gasteiger partial charge in [0.25, 0.3) is 0 Å². The summed E-state index contributed by atoms with van der Waals surface area (Å²) in [6, 6.07) is 16.8. The van der Waals surface area contributed by atoms with Crippen LogP contribution in [-0.4, -0.2) is 47.4 Å². The van der Waals surface area contributed by atoms with Crippen LogP contribution in [0.2, 0.25) is 0 Å². The molecule has 0 aliphatic carbocycles. The lowest BCUT2D eigenvalue weighted by Crippen LogP contribution is -2.57. The molecule has 6 heteroatoms. The van der Waals surface area contributed by atoms with Gasteiger partial charge in [-0.1, -0.05) is 70.2 Å². The van der Waals surface area contributed by atoms with E-state index in [1.807, 2.05) is 75.4 Å². The van der Waals surface area contributed by atoms with Crippen LogP contribution in [0.1, 0.15) is 66.0 Å². The number of rotatable bonds is 13. The van der Waals surface area contributed by atoms with Gasteiger partial charge in [-0.2, -0.15) is 0 Å². The smallest absolute Gasteiger partial charge is 0.243 e. The van der Waals surface area contributed by atoms with Crippen molar-refractivity contribution < 1.29 is 14.3 Å². The highest BCUT2D eigenvalue weighted by molar-refractivity contribution is 5.90. The standard InChI is InChI=1S/C30H45N3O3/c1-8-33(9-2)27(19-22(3)4)29(35)31-26(28(34)32-30(5,6)7)20-23-15-17-25(18-16-23)36-21-24-13-11-10-12-14-24/h10-18,22,26-27H,8-9,19-21H2,1-7H3,(H,31,35)(H,32,34). The van der Waals surface area contributed by atoms with Crippen LogP contribution in [0.5, 0.6) is 5.75 Å². The van der Waals surface area contributed by atoms with Crippen molar-refractivity contribution in [1.82, 2.24) is 15.5 Å². The first-order valence-corrected chi connectivity index (χ1v) is 13.1. The van der Waals surface area contributed by atoms with E-state index in [1.165, 1.54) is 0 Å². The number of carbonyl (C=O) groups excluding carboxylic acids is 2. The molecule has 0 saturated carbocycles. The first kappa shape index (κ1) is 29.4. The van der Waals surface area contributed by atoms with Crippen LogP contribution in [0, 0.1) is 5.92 Å². The number of hydrogen-bond donors (Lipinski definition) is 2. The molecule has 0 saturated heterocycles. The lowest BCUT2D eigenvalue weighted by molar-refractivity contribution is -0.133. The van der Waals surface area contributed by atoms with Crippen LogP contribution in [0.25, 0.3) is 0 Å². The van der Waals surface area contributed by atoms with Gasteiger partial charge in [-0.05, 0) is 69.5 Å². The number of likely N-dealkylation sites (N-methyl/N-ethyl adjacent to an activating group) is 1. The minimum Gasteiger partial charge on any atom is -0.489 e. The molecule has 0 radical (unpaired) electrons.